The van der Waals surface area contributed by atoms with E-state index in [0.29, 0.717) is 12.2 Å². The molecule has 0 aliphatic heterocycles. The number of hydrogen-bond acceptors (Lipinski definition) is 4. The number of pyridine rings is 2. The molecule has 2 rings (SSSR count). The first kappa shape index (κ1) is 17.8. The first-order chi connectivity index (χ1) is 11.6. The monoisotopic (exact) mass is 324 g/mol. The summed E-state index contributed by atoms with van der Waals surface area (Å²) >= 11 is 0. The van der Waals surface area contributed by atoms with Crippen LogP contribution in [0.4, 0.5) is 0 Å². The highest BCUT2D eigenvalue weighted by Crippen LogP contribution is 2.13. The number of amides is 1. The van der Waals surface area contributed by atoms with Gasteiger partial charge >= 0.3 is 0 Å². The molecule has 0 saturated heterocycles. The molecule has 0 aliphatic carbocycles. The fraction of sp³-hybridized carbons (Fsp3) is 0.368. The van der Waals surface area contributed by atoms with E-state index in [1.807, 2.05) is 57.2 Å². The molecule has 24 heavy (non-hydrogen) atoms. The summed E-state index contributed by atoms with van der Waals surface area (Å²) in [6.07, 6.45) is 4.32. The first-order valence-electron chi connectivity index (χ1n) is 8.31. The minimum absolute atomic E-state index is 0.0380. The van der Waals surface area contributed by atoms with Crippen molar-refractivity contribution in [3.8, 4) is 11.4 Å². The number of nitrogens with one attached hydrogen (secondary N) is 1. The molecule has 0 fully saturated rings. The average molecular weight is 324 g/mol. The van der Waals surface area contributed by atoms with Crippen molar-refractivity contribution >= 4 is 12.1 Å². The Morgan fingerprint density at radius 3 is 2.67 bits per heavy atom. The molecule has 1 N–H and O–H groups in total. The van der Waals surface area contributed by atoms with E-state index in [0.717, 1.165) is 17.8 Å². The Hall–Kier alpha value is -2.56. The van der Waals surface area contributed by atoms with Crippen LogP contribution in [-0.2, 0) is 4.79 Å². The SMILES string of the molecule is CCCNC(=O)C(N=Cc1cccc(-c2ccccn2)n1)C(C)C. The van der Waals surface area contributed by atoms with Crippen LogP contribution >= 0.6 is 0 Å². The van der Waals surface area contributed by atoms with Crippen LogP contribution in [-0.4, -0.2) is 34.7 Å². The van der Waals surface area contributed by atoms with Gasteiger partial charge in [0.1, 0.15) is 6.04 Å². The molecule has 1 unspecified atom stereocenters. The van der Waals surface area contributed by atoms with Gasteiger partial charge in [-0.25, -0.2) is 4.98 Å². The lowest BCUT2D eigenvalue weighted by molar-refractivity contribution is -0.123. The summed E-state index contributed by atoms with van der Waals surface area (Å²) in [6, 6.07) is 11.0. The van der Waals surface area contributed by atoms with Crippen molar-refractivity contribution in [1.29, 1.82) is 0 Å². The third-order valence-corrected chi connectivity index (χ3v) is 3.51. The molecule has 0 aliphatic rings. The van der Waals surface area contributed by atoms with Gasteiger partial charge in [-0.3, -0.25) is 14.8 Å². The van der Waals surface area contributed by atoms with Crippen LogP contribution in [0.3, 0.4) is 0 Å². The molecular weight excluding hydrogens is 300 g/mol. The van der Waals surface area contributed by atoms with Gasteiger partial charge in [0.05, 0.1) is 17.1 Å². The molecule has 1 amide bonds. The van der Waals surface area contributed by atoms with Gasteiger partial charge in [0.2, 0.25) is 5.91 Å². The molecule has 5 heteroatoms. The maximum absolute atomic E-state index is 12.2. The van der Waals surface area contributed by atoms with E-state index >= 15 is 0 Å². The lowest BCUT2D eigenvalue weighted by Gasteiger charge is -2.15. The average Bonchev–Trinajstić information content (AvgIpc) is 2.61. The quantitative estimate of drug-likeness (QED) is 0.796. The second kappa shape index (κ2) is 8.91. The van der Waals surface area contributed by atoms with Crippen LogP contribution in [0.5, 0.6) is 0 Å². The predicted molar refractivity (Wildman–Crippen MR) is 97.0 cm³/mol. The number of carbonyl (C=O) groups excluding carboxylic acids is 1. The summed E-state index contributed by atoms with van der Waals surface area (Å²) < 4.78 is 0. The highest BCUT2D eigenvalue weighted by Gasteiger charge is 2.20. The molecule has 5 nitrogen and oxygen atoms in total. The minimum Gasteiger partial charge on any atom is -0.354 e. The Morgan fingerprint density at radius 2 is 2.00 bits per heavy atom. The Labute approximate surface area is 143 Å². The van der Waals surface area contributed by atoms with E-state index < -0.39 is 6.04 Å². The summed E-state index contributed by atoms with van der Waals surface area (Å²) in [5.41, 5.74) is 2.32. The van der Waals surface area contributed by atoms with E-state index in [1.165, 1.54) is 0 Å². The van der Waals surface area contributed by atoms with E-state index in [2.05, 4.69) is 20.3 Å². The summed E-state index contributed by atoms with van der Waals surface area (Å²) in [4.78, 5) is 25.5. The smallest absolute Gasteiger partial charge is 0.245 e. The first-order valence-corrected chi connectivity index (χ1v) is 8.31. The number of rotatable bonds is 7. The maximum Gasteiger partial charge on any atom is 0.245 e. The number of carbonyl (C=O) groups is 1. The Balaban J connectivity index is 2.16. The standard InChI is InChI=1S/C19H24N4O/c1-4-11-21-19(24)18(14(2)3)22-13-15-8-7-10-17(23-15)16-9-5-6-12-20-16/h5-10,12-14,18H,4,11H2,1-3H3,(H,21,24). The van der Waals surface area contributed by atoms with Gasteiger partial charge in [-0.15, -0.1) is 0 Å². The van der Waals surface area contributed by atoms with E-state index in [4.69, 9.17) is 0 Å². The summed E-state index contributed by atoms with van der Waals surface area (Å²) in [6.45, 7) is 6.68. The molecule has 0 saturated carbocycles. The van der Waals surface area contributed by atoms with Gasteiger partial charge in [0.25, 0.3) is 0 Å². The van der Waals surface area contributed by atoms with Crippen LogP contribution < -0.4 is 5.32 Å². The molecular formula is C19H24N4O. The summed E-state index contributed by atoms with van der Waals surface area (Å²) in [7, 11) is 0. The molecule has 2 heterocycles. The molecule has 0 radical (unpaired) electrons. The zero-order valence-corrected chi connectivity index (χ0v) is 14.4. The Kier molecular flexibility index (Phi) is 6.61. The second-order valence-corrected chi connectivity index (χ2v) is 5.92. The van der Waals surface area contributed by atoms with Gasteiger partial charge in [-0.2, -0.15) is 0 Å². The van der Waals surface area contributed by atoms with Crippen LogP contribution in [0.2, 0.25) is 0 Å². The Bertz CT molecular complexity index is 683. The van der Waals surface area contributed by atoms with Crippen LogP contribution in [0.25, 0.3) is 11.4 Å². The lowest BCUT2D eigenvalue weighted by atomic mass is 10.0. The lowest BCUT2D eigenvalue weighted by Crippen LogP contribution is -2.37. The van der Waals surface area contributed by atoms with E-state index in [1.54, 1.807) is 12.4 Å². The number of aliphatic imine (C=N–C) groups is 1. The van der Waals surface area contributed by atoms with Crippen molar-refractivity contribution in [1.82, 2.24) is 15.3 Å². The van der Waals surface area contributed by atoms with Crippen molar-refractivity contribution < 1.29 is 4.79 Å². The van der Waals surface area contributed by atoms with Crippen molar-refractivity contribution in [2.24, 2.45) is 10.9 Å². The summed E-state index contributed by atoms with van der Waals surface area (Å²) in [5, 5.41) is 2.90. The highest BCUT2D eigenvalue weighted by molar-refractivity contribution is 5.86. The molecule has 0 spiro atoms. The van der Waals surface area contributed by atoms with Crippen molar-refractivity contribution in [2.75, 3.05) is 6.54 Å². The largest absolute Gasteiger partial charge is 0.354 e. The summed E-state index contributed by atoms with van der Waals surface area (Å²) in [5.74, 6) is 0.0843. The third-order valence-electron chi connectivity index (χ3n) is 3.51. The van der Waals surface area contributed by atoms with Crippen LogP contribution in [0.15, 0.2) is 47.6 Å². The number of aromatic nitrogens is 2. The van der Waals surface area contributed by atoms with Crippen LogP contribution in [0.1, 0.15) is 32.9 Å². The van der Waals surface area contributed by atoms with Gasteiger partial charge < -0.3 is 5.32 Å². The maximum atomic E-state index is 12.2. The van der Waals surface area contributed by atoms with Crippen LogP contribution in [0, 0.1) is 5.92 Å². The zero-order chi connectivity index (χ0) is 17.4. The molecule has 0 bridgehead atoms. The van der Waals surface area contributed by atoms with Gasteiger partial charge in [0.15, 0.2) is 0 Å². The van der Waals surface area contributed by atoms with E-state index in [-0.39, 0.29) is 11.8 Å². The highest BCUT2D eigenvalue weighted by atomic mass is 16.2. The van der Waals surface area contributed by atoms with E-state index in [9.17, 15) is 4.79 Å². The fourth-order valence-corrected chi connectivity index (χ4v) is 2.23. The van der Waals surface area contributed by atoms with Gasteiger partial charge in [-0.05, 0) is 36.6 Å². The number of hydrogen-bond donors (Lipinski definition) is 1. The van der Waals surface area contributed by atoms with Crippen molar-refractivity contribution in [3.05, 3.63) is 48.3 Å². The fourth-order valence-electron chi connectivity index (χ4n) is 2.23. The normalized spacial score (nSPS) is 12.5. The zero-order valence-electron chi connectivity index (χ0n) is 14.4. The van der Waals surface area contributed by atoms with Gasteiger partial charge in [0, 0.05) is 19.0 Å². The topological polar surface area (TPSA) is 67.2 Å². The molecule has 1 atom stereocenters. The minimum atomic E-state index is -0.406. The molecule has 2 aromatic heterocycles. The molecule has 2 aromatic rings. The predicted octanol–water partition coefficient (Wildman–Crippen LogP) is 3.11. The van der Waals surface area contributed by atoms with Gasteiger partial charge in [-0.1, -0.05) is 32.9 Å². The number of nitrogens with zero attached hydrogens (tertiary/aromatic N) is 3. The molecule has 0 aromatic carbocycles. The Morgan fingerprint density at radius 1 is 1.21 bits per heavy atom. The second-order valence-electron chi connectivity index (χ2n) is 5.92. The van der Waals surface area contributed by atoms with Crippen molar-refractivity contribution in [2.45, 2.75) is 33.2 Å². The van der Waals surface area contributed by atoms with Crippen molar-refractivity contribution in [3.63, 3.8) is 0 Å². The molecule has 126 valence electrons. The third kappa shape index (κ3) is 4.98.